The van der Waals surface area contributed by atoms with Crippen molar-refractivity contribution in [3.05, 3.63) is 101 Å². The molecule has 3 aromatic carbocycles. The zero-order valence-electron chi connectivity index (χ0n) is 16.4. The fourth-order valence-electron chi connectivity index (χ4n) is 4.66. The number of methoxy groups -OCH3 is 1. The lowest BCUT2D eigenvalue weighted by atomic mass is 9.85. The highest BCUT2D eigenvalue weighted by Gasteiger charge is 2.44. The van der Waals surface area contributed by atoms with Crippen LogP contribution in [0.1, 0.15) is 30.5 Å². The second-order valence-electron chi connectivity index (χ2n) is 7.98. The van der Waals surface area contributed by atoms with Gasteiger partial charge in [0.1, 0.15) is 6.10 Å². The molecule has 0 aromatic heterocycles. The maximum atomic E-state index is 6.06. The predicted molar refractivity (Wildman–Crippen MR) is 116 cm³/mol. The highest BCUT2D eigenvalue weighted by atomic mass is 16.5. The Balaban J connectivity index is 1.87. The van der Waals surface area contributed by atoms with Gasteiger partial charge in [0, 0.05) is 18.2 Å². The van der Waals surface area contributed by atoms with Crippen LogP contribution in [0.4, 0.5) is 0 Å². The second-order valence-corrected chi connectivity index (χ2v) is 7.98. The van der Waals surface area contributed by atoms with Crippen molar-refractivity contribution in [2.45, 2.75) is 25.5 Å². The first-order chi connectivity index (χ1) is 13.6. The first-order valence-corrected chi connectivity index (χ1v) is 9.73. The molecular weight excluding hydrogens is 342 g/mol. The summed E-state index contributed by atoms with van der Waals surface area (Å²) in [5, 5.41) is 0. The van der Waals surface area contributed by atoms with E-state index in [1.165, 1.54) is 33.4 Å². The number of ether oxygens (including phenoxy) is 1. The Bertz CT molecular complexity index is 1070. The number of hydrogen-bond donors (Lipinski definition) is 0. The quantitative estimate of drug-likeness (QED) is 0.442. The minimum atomic E-state index is -0.325. The number of hydrogen-bond acceptors (Lipinski definition) is 2. The Hall–Kier alpha value is -2.97. The molecule has 2 heteroatoms. The molecule has 1 heterocycles. The van der Waals surface area contributed by atoms with Gasteiger partial charge in [-0.15, -0.1) is 0 Å². The smallest absolute Gasteiger partial charge is 0.109 e. The van der Waals surface area contributed by atoms with Crippen LogP contribution >= 0.6 is 0 Å². The van der Waals surface area contributed by atoms with Gasteiger partial charge in [0.25, 0.3) is 0 Å². The summed E-state index contributed by atoms with van der Waals surface area (Å²) in [6, 6.07) is 27.8. The number of nitrogens with zero attached hydrogens (tertiary/aromatic N) is 1. The van der Waals surface area contributed by atoms with Gasteiger partial charge in [-0.2, -0.15) is 0 Å². The van der Waals surface area contributed by atoms with E-state index in [1.54, 1.807) is 7.11 Å². The summed E-state index contributed by atoms with van der Waals surface area (Å²) >= 11 is 0. The molecule has 0 bridgehead atoms. The lowest BCUT2D eigenvalue weighted by Gasteiger charge is -2.25. The van der Waals surface area contributed by atoms with Crippen molar-refractivity contribution in [2.24, 2.45) is 4.99 Å². The predicted octanol–water partition coefficient (Wildman–Crippen LogP) is 5.77. The summed E-state index contributed by atoms with van der Waals surface area (Å²) in [6.45, 7) is 4.31. The van der Waals surface area contributed by atoms with Crippen LogP contribution in [0.15, 0.2) is 89.4 Å². The minimum Gasteiger partial charge on any atom is -0.374 e. The van der Waals surface area contributed by atoms with Gasteiger partial charge >= 0.3 is 0 Å². The molecular formula is C26H23NO. The Morgan fingerprint density at radius 3 is 1.75 bits per heavy atom. The SMILES string of the molecule is COC1C(=C2c3ccccc3-c3ccccc32)C(c2ccccc2)=NC1(C)C. The largest absolute Gasteiger partial charge is 0.374 e. The lowest BCUT2D eigenvalue weighted by molar-refractivity contribution is 0.0903. The Morgan fingerprint density at radius 1 is 0.714 bits per heavy atom. The molecule has 0 amide bonds. The third-order valence-electron chi connectivity index (χ3n) is 5.79. The molecule has 2 aliphatic rings. The van der Waals surface area contributed by atoms with Gasteiger partial charge in [0.05, 0.1) is 11.3 Å². The fraction of sp³-hybridized carbons (Fsp3) is 0.192. The van der Waals surface area contributed by atoms with E-state index in [4.69, 9.17) is 9.73 Å². The van der Waals surface area contributed by atoms with Crippen molar-refractivity contribution in [2.75, 3.05) is 7.11 Å². The van der Waals surface area contributed by atoms with Crippen molar-refractivity contribution in [1.82, 2.24) is 0 Å². The van der Waals surface area contributed by atoms with E-state index in [1.807, 2.05) is 6.07 Å². The Kier molecular flexibility index (Phi) is 3.85. The van der Waals surface area contributed by atoms with Crippen molar-refractivity contribution < 1.29 is 4.74 Å². The van der Waals surface area contributed by atoms with Crippen LogP contribution in [0, 0.1) is 0 Å². The molecule has 1 atom stereocenters. The van der Waals surface area contributed by atoms with Gasteiger partial charge in [-0.05, 0) is 41.7 Å². The number of benzene rings is 3. The fourth-order valence-corrected chi connectivity index (χ4v) is 4.66. The molecule has 0 N–H and O–H groups in total. The van der Waals surface area contributed by atoms with Gasteiger partial charge in [-0.3, -0.25) is 4.99 Å². The molecule has 0 spiro atoms. The number of fused-ring (bicyclic) bond motifs is 3. The van der Waals surface area contributed by atoms with Gasteiger partial charge in [-0.25, -0.2) is 0 Å². The summed E-state index contributed by atoms with van der Waals surface area (Å²) in [4.78, 5) is 5.15. The topological polar surface area (TPSA) is 21.6 Å². The zero-order chi connectivity index (χ0) is 19.3. The highest BCUT2D eigenvalue weighted by molar-refractivity contribution is 6.22. The molecule has 0 saturated carbocycles. The zero-order valence-corrected chi connectivity index (χ0v) is 16.4. The summed E-state index contributed by atoms with van der Waals surface area (Å²) < 4.78 is 6.06. The maximum absolute atomic E-state index is 6.06. The van der Waals surface area contributed by atoms with E-state index in [0.29, 0.717) is 0 Å². The van der Waals surface area contributed by atoms with E-state index in [9.17, 15) is 0 Å². The summed E-state index contributed by atoms with van der Waals surface area (Å²) in [7, 11) is 1.79. The van der Waals surface area contributed by atoms with Crippen molar-refractivity contribution in [3.8, 4) is 11.1 Å². The number of rotatable bonds is 2. The van der Waals surface area contributed by atoms with Crippen molar-refractivity contribution in [3.63, 3.8) is 0 Å². The maximum Gasteiger partial charge on any atom is 0.109 e. The molecule has 1 aliphatic carbocycles. The first kappa shape index (κ1) is 17.2. The van der Waals surface area contributed by atoms with Crippen LogP contribution in [0.5, 0.6) is 0 Å². The third-order valence-corrected chi connectivity index (χ3v) is 5.79. The Morgan fingerprint density at radius 2 is 1.21 bits per heavy atom. The van der Waals surface area contributed by atoms with Gasteiger partial charge in [0.2, 0.25) is 0 Å². The van der Waals surface area contributed by atoms with E-state index in [-0.39, 0.29) is 11.6 Å². The normalized spacial score (nSPS) is 19.4. The van der Waals surface area contributed by atoms with Crippen LogP contribution in [0.2, 0.25) is 0 Å². The summed E-state index contributed by atoms with van der Waals surface area (Å²) in [5.41, 5.74) is 9.40. The van der Waals surface area contributed by atoms with Crippen LogP contribution in [-0.4, -0.2) is 24.5 Å². The average Bonchev–Trinajstić information content (AvgIpc) is 3.19. The molecule has 1 aliphatic heterocycles. The third kappa shape index (κ3) is 2.42. The van der Waals surface area contributed by atoms with Gasteiger partial charge in [0.15, 0.2) is 0 Å². The molecule has 28 heavy (non-hydrogen) atoms. The molecule has 0 fully saturated rings. The monoisotopic (exact) mass is 365 g/mol. The first-order valence-electron chi connectivity index (χ1n) is 9.73. The molecule has 138 valence electrons. The molecule has 0 radical (unpaired) electrons. The molecule has 0 saturated heterocycles. The van der Waals surface area contributed by atoms with E-state index in [2.05, 4.69) is 86.6 Å². The van der Waals surface area contributed by atoms with E-state index >= 15 is 0 Å². The van der Waals surface area contributed by atoms with Crippen LogP contribution in [0.3, 0.4) is 0 Å². The van der Waals surface area contributed by atoms with Gasteiger partial charge in [-0.1, -0.05) is 78.9 Å². The molecule has 2 nitrogen and oxygen atoms in total. The number of aliphatic imine (C=N–C) groups is 1. The van der Waals surface area contributed by atoms with E-state index in [0.717, 1.165) is 11.3 Å². The van der Waals surface area contributed by atoms with E-state index < -0.39 is 0 Å². The van der Waals surface area contributed by atoms with Gasteiger partial charge < -0.3 is 4.74 Å². The summed E-state index contributed by atoms with van der Waals surface area (Å²) in [5.74, 6) is 0. The molecule has 5 rings (SSSR count). The average molecular weight is 365 g/mol. The highest BCUT2D eigenvalue weighted by Crippen LogP contribution is 2.49. The van der Waals surface area contributed by atoms with Crippen LogP contribution in [-0.2, 0) is 4.74 Å². The van der Waals surface area contributed by atoms with Crippen LogP contribution < -0.4 is 0 Å². The van der Waals surface area contributed by atoms with Crippen molar-refractivity contribution in [1.29, 1.82) is 0 Å². The minimum absolute atomic E-state index is 0.100. The second kappa shape index (κ2) is 6.29. The van der Waals surface area contributed by atoms with Crippen LogP contribution in [0.25, 0.3) is 16.7 Å². The molecule has 3 aromatic rings. The standard InChI is InChI=1S/C26H23NO/c1-26(2)25(28-3)23(24(27-26)17-11-5-4-6-12-17)22-20-15-9-7-13-18(20)19-14-8-10-16-21(19)22/h4-16,25H,1-3H3. The summed E-state index contributed by atoms with van der Waals surface area (Å²) in [6.07, 6.45) is -0.100. The lowest BCUT2D eigenvalue weighted by Crippen LogP contribution is -2.33. The molecule has 1 unspecified atom stereocenters. The Labute approximate surface area is 166 Å². The van der Waals surface area contributed by atoms with Crippen molar-refractivity contribution >= 4 is 11.3 Å².